The SMILES string of the molecule is Clc1ccc(CSc2ncc(-c3ccccc3)cn2)cc1. The third-order valence-electron chi connectivity index (χ3n) is 3.02. The molecule has 0 N–H and O–H groups in total. The second-order valence-electron chi connectivity index (χ2n) is 4.54. The molecule has 0 bridgehead atoms. The van der Waals surface area contributed by atoms with Crippen molar-refractivity contribution in [3.63, 3.8) is 0 Å². The quantitative estimate of drug-likeness (QED) is 0.496. The van der Waals surface area contributed by atoms with E-state index >= 15 is 0 Å². The Labute approximate surface area is 133 Å². The average molecular weight is 313 g/mol. The average Bonchev–Trinajstić information content (AvgIpc) is 2.56. The van der Waals surface area contributed by atoms with E-state index in [0.717, 1.165) is 27.1 Å². The molecule has 0 radical (unpaired) electrons. The van der Waals surface area contributed by atoms with Crippen LogP contribution in [-0.2, 0) is 5.75 Å². The maximum absolute atomic E-state index is 5.87. The van der Waals surface area contributed by atoms with Crippen LogP contribution in [0, 0.1) is 0 Å². The summed E-state index contributed by atoms with van der Waals surface area (Å²) in [5, 5.41) is 1.54. The number of aromatic nitrogens is 2. The van der Waals surface area contributed by atoms with Crippen molar-refractivity contribution in [2.45, 2.75) is 10.9 Å². The molecule has 0 aliphatic heterocycles. The van der Waals surface area contributed by atoms with Crippen LogP contribution in [-0.4, -0.2) is 9.97 Å². The zero-order valence-corrected chi connectivity index (χ0v) is 12.8. The Hall–Kier alpha value is -1.84. The second-order valence-corrected chi connectivity index (χ2v) is 5.91. The van der Waals surface area contributed by atoms with Crippen molar-refractivity contribution < 1.29 is 0 Å². The van der Waals surface area contributed by atoms with Crippen molar-refractivity contribution in [2.75, 3.05) is 0 Å². The van der Waals surface area contributed by atoms with E-state index in [2.05, 4.69) is 22.1 Å². The van der Waals surface area contributed by atoms with E-state index in [1.165, 1.54) is 5.56 Å². The Kier molecular flexibility index (Phi) is 4.53. The molecule has 0 fully saturated rings. The first-order valence-electron chi connectivity index (χ1n) is 6.56. The Balaban J connectivity index is 1.66. The first-order chi connectivity index (χ1) is 10.3. The lowest BCUT2D eigenvalue weighted by atomic mass is 10.1. The van der Waals surface area contributed by atoms with E-state index in [1.54, 1.807) is 11.8 Å². The molecule has 0 atom stereocenters. The first-order valence-corrected chi connectivity index (χ1v) is 7.92. The van der Waals surface area contributed by atoms with Crippen LogP contribution in [0.1, 0.15) is 5.56 Å². The fourth-order valence-electron chi connectivity index (χ4n) is 1.90. The highest BCUT2D eigenvalue weighted by molar-refractivity contribution is 7.98. The van der Waals surface area contributed by atoms with Crippen LogP contribution in [0.25, 0.3) is 11.1 Å². The van der Waals surface area contributed by atoms with Crippen LogP contribution >= 0.6 is 23.4 Å². The van der Waals surface area contributed by atoms with Gasteiger partial charge in [0.25, 0.3) is 0 Å². The zero-order chi connectivity index (χ0) is 14.5. The minimum Gasteiger partial charge on any atom is -0.230 e. The summed E-state index contributed by atoms with van der Waals surface area (Å²) >= 11 is 7.49. The van der Waals surface area contributed by atoms with Gasteiger partial charge in [-0.15, -0.1) is 0 Å². The van der Waals surface area contributed by atoms with Crippen molar-refractivity contribution in [3.8, 4) is 11.1 Å². The van der Waals surface area contributed by atoms with E-state index < -0.39 is 0 Å². The fourth-order valence-corrected chi connectivity index (χ4v) is 2.77. The van der Waals surface area contributed by atoms with Gasteiger partial charge >= 0.3 is 0 Å². The summed E-state index contributed by atoms with van der Waals surface area (Å²) in [5.74, 6) is 0.835. The molecule has 4 heteroatoms. The maximum atomic E-state index is 5.87. The van der Waals surface area contributed by atoms with Gasteiger partial charge in [-0.2, -0.15) is 0 Å². The summed E-state index contributed by atoms with van der Waals surface area (Å²) in [6.07, 6.45) is 3.74. The van der Waals surface area contributed by atoms with Crippen LogP contribution in [0.2, 0.25) is 5.02 Å². The normalized spacial score (nSPS) is 10.5. The van der Waals surface area contributed by atoms with Gasteiger partial charge in [-0.05, 0) is 23.3 Å². The van der Waals surface area contributed by atoms with Crippen molar-refractivity contribution >= 4 is 23.4 Å². The minimum atomic E-state index is 0.757. The van der Waals surface area contributed by atoms with Crippen LogP contribution in [0.15, 0.2) is 72.1 Å². The third kappa shape index (κ3) is 3.84. The Morgan fingerprint density at radius 2 is 1.48 bits per heavy atom. The van der Waals surface area contributed by atoms with Gasteiger partial charge < -0.3 is 0 Å². The molecule has 1 aromatic heterocycles. The lowest BCUT2D eigenvalue weighted by molar-refractivity contribution is 0.969. The Morgan fingerprint density at radius 1 is 0.810 bits per heavy atom. The topological polar surface area (TPSA) is 25.8 Å². The molecule has 0 unspecified atom stereocenters. The number of hydrogen-bond acceptors (Lipinski definition) is 3. The highest BCUT2D eigenvalue weighted by atomic mass is 35.5. The van der Waals surface area contributed by atoms with E-state index in [4.69, 9.17) is 11.6 Å². The highest BCUT2D eigenvalue weighted by Crippen LogP contribution is 2.22. The molecule has 0 saturated heterocycles. The van der Waals surface area contributed by atoms with Crippen molar-refractivity contribution in [1.29, 1.82) is 0 Å². The minimum absolute atomic E-state index is 0.757. The highest BCUT2D eigenvalue weighted by Gasteiger charge is 2.02. The van der Waals surface area contributed by atoms with E-state index in [-0.39, 0.29) is 0 Å². The number of hydrogen-bond donors (Lipinski definition) is 0. The Bertz CT molecular complexity index is 697. The van der Waals surface area contributed by atoms with Crippen molar-refractivity contribution in [1.82, 2.24) is 9.97 Å². The lowest BCUT2D eigenvalue weighted by Crippen LogP contribution is -1.88. The monoisotopic (exact) mass is 312 g/mol. The molecule has 21 heavy (non-hydrogen) atoms. The fraction of sp³-hybridized carbons (Fsp3) is 0.0588. The Morgan fingerprint density at radius 3 is 2.14 bits per heavy atom. The van der Waals surface area contributed by atoms with Crippen LogP contribution < -0.4 is 0 Å². The molecule has 0 amide bonds. The lowest BCUT2D eigenvalue weighted by Gasteiger charge is -2.03. The predicted octanol–water partition coefficient (Wildman–Crippen LogP) is 5.09. The molecular weight excluding hydrogens is 300 g/mol. The van der Waals surface area contributed by atoms with Gasteiger partial charge in [-0.3, -0.25) is 0 Å². The van der Waals surface area contributed by atoms with Crippen LogP contribution in [0.4, 0.5) is 0 Å². The molecule has 2 nitrogen and oxygen atoms in total. The summed E-state index contributed by atoms with van der Waals surface area (Å²) in [4.78, 5) is 8.83. The summed E-state index contributed by atoms with van der Waals surface area (Å²) in [6.45, 7) is 0. The molecule has 0 aliphatic rings. The molecule has 0 spiro atoms. The molecular formula is C17H13ClN2S. The molecule has 1 heterocycles. The predicted molar refractivity (Wildman–Crippen MR) is 88.5 cm³/mol. The van der Waals surface area contributed by atoms with Gasteiger partial charge in [-0.1, -0.05) is 65.8 Å². The maximum Gasteiger partial charge on any atom is 0.187 e. The second kappa shape index (κ2) is 6.74. The van der Waals surface area contributed by atoms with Crippen LogP contribution in [0.3, 0.4) is 0 Å². The zero-order valence-electron chi connectivity index (χ0n) is 11.2. The summed E-state index contributed by atoms with van der Waals surface area (Å²) in [5.41, 5.74) is 3.37. The van der Waals surface area contributed by atoms with Gasteiger partial charge in [0.05, 0.1) is 0 Å². The number of rotatable bonds is 4. The van der Waals surface area contributed by atoms with E-state index in [9.17, 15) is 0 Å². The molecule has 3 aromatic rings. The van der Waals surface area contributed by atoms with Gasteiger partial charge in [0.15, 0.2) is 5.16 Å². The number of halogens is 1. The van der Waals surface area contributed by atoms with Crippen molar-refractivity contribution in [2.24, 2.45) is 0 Å². The summed E-state index contributed by atoms with van der Waals surface area (Å²) < 4.78 is 0. The summed E-state index contributed by atoms with van der Waals surface area (Å²) in [7, 11) is 0. The first kappa shape index (κ1) is 14.1. The largest absolute Gasteiger partial charge is 0.230 e. The van der Waals surface area contributed by atoms with Gasteiger partial charge in [0, 0.05) is 28.7 Å². The molecule has 2 aromatic carbocycles. The van der Waals surface area contributed by atoms with E-state index in [1.807, 2.05) is 54.9 Å². The molecule has 0 saturated carbocycles. The smallest absolute Gasteiger partial charge is 0.187 e. The third-order valence-corrected chi connectivity index (χ3v) is 4.22. The van der Waals surface area contributed by atoms with Gasteiger partial charge in [0.1, 0.15) is 0 Å². The summed E-state index contributed by atoms with van der Waals surface area (Å²) in [6, 6.07) is 18.0. The van der Waals surface area contributed by atoms with Crippen molar-refractivity contribution in [3.05, 3.63) is 77.6 Å². The molecule has 104 valence electrons. The van der Waals surface area contributed by atoms with Crippen LogP contribution in [0.5, 0.6) is 0 Å². The van der Waals surface area contributed by atoms with Gasteiger partial charge in [0.2, 0.25) is 0 Å². The standard InChI is InChI=1S/C17H13ClN2S/c18-16-8-6-13(7-9-16)12-21-17-19-10-15(11-20-17)14-4-2-1-3-5-14/h1-11H,12H2. The number of thioether (sulfide) groups is 1. The number of nitrogens with zero attached hydrogens (tertiary/aromatic N) is 2. The molecule has 0 aliphatic carbocycles. The van der Waals surface area contributed by atoms with E-state index in [0.29, 0.717) is 0 Å². The number of benzene rings is 2. The van der Waals surface area contributed by atoms with Gasteiger partial charge in [-0.25, -0.2) is 9.97 Å². The molecule has 3 rings (SSSR count).